The van der Waals surface area contributed by atoms with E-state index in [4.69, 9.17) is 0 Å². The van der Waals surface area contributed by atoms with Crippen LogP contribution in [0.25, 0.3) is 0 Å². The van der Waals surface area contributed by atoms with E-state index in [1.807, 2.05) is 72.8 Å². The second-order valence-electron chi connectivity index (χ2n) is 5.42. The van der Waals surface area contributed by atoms with Crippen molar-refractivity contribution >= 4 is 17.4 Å². The highest BCUT2D eigenvalue weighted by Gasteiger charge is 2.15. The number of hydrogen-bond donors (Lipinski definition) is 0. The molecule has 3 aromatic rings. The lowest BCUT2D eigenvalue weighted by molar-refractivity contribution is 0.250. The van der Waals surface area contributed by atoms with Crippen molar-refractivity contribution in [2.75, 3.05) is 11.9 Å². The maximum atomic E-state index is 12.5. The standard InChI is InChI=1S/C22H17N2O/c1-24(22(25)23-20-13-6-3-7-14-20)21-15-9-8-12-19(21)17-16-18-10-4-2-5-11-18/h2-15H,1H3. The molecule has 0 aliphatic heterocycles. The van der Waals surface area contributed by atoms with Crippen LogP contribution < -0.4 is 10.2 Å². The SMILES string of the molecule is CN(C(=O)[N]c1ccccc1)c1ccccc1C#Cc1ccccc1. The number of amides is 2. The van der Waals surface area contributed by atoms with Crippen molar-refractivity contribution in [3.8, 4) is 11.8 Å². The number of hydrogen-bond acceptors (Lipinski definition) is 1. The smallest absolute Gasteiger partial charge is 0.294 e. The van der Waals surface area contributed by atoms with Crippen molar-refractivity contribution in [1.29, 1.82) is 0 Å². The average Bonchev–Trinajstić information content (AvgIpc) is 2.67. The Morgan fingerprint density at radius 3 is 2.12 bits per heavy atom. The van der Waals surface area contributed by atoms with Crippen LogP contribution in [-0.4, -0.2) is 13.1 Å². The monoisotopic (exact) mass is 325 g/mol. The fourth-order valence-electron chi connectivity index (χ4n) is 2.32. The van der Waals surface area contributed by atoms with Gasteiger partial charge in [-0.3, -0.25) is 4.90 Å². The molecule has 0 unspecified atom stereocenters. The van der Waals surface area contributed by atoms with Crippen LogP contribution in [0.1, 0.15) is 11.1 Å². The molecule has 0 bridgehead atoms. The lowest BCUT2D eigenvalue weighted by atomic mass is 10.1. The van der Waals surface area contributed by atoms with Gasteiger partial charge in [0.2, 0.25) is 0 Å². The van der Waals surface area contributed by atoms with Crippen LogP contribution in [0, 0.1) is 11.8 Å². The third-order valence-electron chi connectivity index (χ3n) is 3.65. The van der Waals surface area contributed by atoms with Gasteiger partial charge in [0.15, 0.2) is 0 Å². The fraction of sp³-hybridized carbons (Fsp3) is 0.0455. The molecule has 0 heterocycles. The van der Waals surface area contributed by atoms with Crippen LogP contribution in [0.3, 0.4) is 0 Å². The Hall–Kier alpha value is -3.51. The minimum absolute atomic E-state index is 0.333. The van der Waals surface area contributed by atoms with E-state index in [9.17, 15) is 4.79 Å². The first-order valence-corrected chi connectivity index (χ1v) is 7.94. The first-order valence-electron chi connectivity index (χ1n) is 7.94. The number of anilines is 1. The van der Waals surface area contributed by atoms with Gasteiger partial charge < -0.3 is 0 Å². The van der Waals surface area contributed by atoms with Gasteiger partial charge in [-0.15, -0.1) is 0 Å². The van der Waals surface area contributed by atoms with Crippen LogP contribution in [-0.2, 0) is 0 Å². The van der Waals surface area contributed by atoms with E-state index >= 15 is 0 Å². The summed E-state index contributed by atoms with van der Waals surface area (Å²) >= 11 is 0. The molecule has 3 aromatic carbocycles. The maximum Gasteiger partial charge on any atom is 0.348 e. The number of benzene rings is 3. The molecule has 0 saturated carbocycles. The van der Waals surface area contributed by atoms with E-state index in [1.54, 1.807) is 19.2 Å². The molecule has 0 aliphatic carbocycles. The Balaban J connectivity index is 1.83. The van der Waals surface area contributed by atoms with Crippen LogP contribution >= 0.6 is 0 Å². The van der Waals surface area contributed by atoms with Crippen LogP contribution in [0.5, 0.6) is 0 Å². The van der Waals surface area contributed by atoms with Crippen LogP contribution in [0.2, 0.25) is 0 Å². The Kier molecular flexibility index (Phi) is 5.13. The van der Waals surface area contributed by atoms with E-state index in [2.05, 4.69) is 17.2 Å². The van der Waals surface area contributed by atoms with Crippen molar-refractivity contribution in [2.24, 2.45) is 0 Å². The molecule has 25 heavy (non-hydrogen) atoms. The first-order chi connectivity index (χ1) is 12.2. The fourth-order valence-corrected chi connectivity index (χ4v) is 2.32. The summed E-state index contributed by atoms with van der Waals surface area (Å²) < 4.78 is 0. The van der Waals surface area contributed by atoms with Gasteiger partial charge in [-0.2, -0.15) is 5.32 Å². The minimum Gasteiger partial charge on any atom is -0.294 e. The molecule has 1 radical (unpaired) electrons. The van der Waals surface area contributed by atoms with Crippen molar-refractivity contribution < 1.29 is 4.79 Å². The summed E-state index contributed by atoms with van der Waals surface area (Å²) in [4.78, 5) is 14.0. The molecule has 121 valence electrons. The van der Waals surface area contributed by atoms with Crippen molar-refractivity contribution in [3.05, 3.63) is 96.1 Å². The zero-order valence-electron chi connectivity index (χ0n) is 13.9. The van der Waals surface area contributed by atoms with Gasteiger partial charge in [0.05, 0.1) is 11.4 Å². The van der Waals surface area contributed by atoms with E-state index in [1.165, 1.54) is 4.90 Å². The molecule has 0 atom stereocenters. The molecule has 0 aliphatic rings. The summed E-state index contributed by atoms with van der Waals surface area (Å²) in [5.74, 6) is 6.27. The number of carbonyl (C=O) groups is 1. The number of nitrogens with zero attached hydrogens (tertiary/aromatic N) is 2. The third-order valence-corrected chi connectivity index (χ3v) is 3.65. The second-order valence-corrected chi connectivity index (χ2v) is 5.42. The topological polar surface area (TPSA) is 34.4 Å². The highest BCUT2D eigenvalue weighted by molar-refractivity contribution is 5.95. The van der Waals surface area contributed by atoms with E-state index in [0.717, 1.165) is 16.8 Å². The first kappa shape index (κ1) is 16.4. The predicted octanol–water partition coefficient (Wildman–Crippen LogP) is 4.58. The van der Waals surface area contributed by atoms with Gasteiger partial charge in [0.1, 0.15) is 0 Å². The molecule has 0 fully saturated rings. The maximum absolute atomic E-state index is 12.5. The summed E-state index contributed by atoms with van der Waals surface area (Å²) in [6.07, 6.45) is 0. The Morgan fingerprint density at radius 2 is 1.40 bits per heavy atom. The largest absolute Gasteiger partial charge is 0.348 e. The molecule has 3 nitrogen and oxygen atoms in total. The normalized spacial score (nSPS) is 9.64. The predicted molar refractivity (Wildman–Crippen MR) is 101 cm³/mol. The Bertz CT molecular complexity index is 909. The average molecular weight is 325 g/mol. The Morgan fingerprint density at radius 1 is 0.800 bits per heavy atom. The summed E-state index contributed by atoms with van der Waals surface area (Å²) in [5.41, 5.74) is 3.08. The van der Waals surface area contributed by atoms with Crippen LogP contribution in [0.15, 0.2) is 84.9 Å². The summed E-state index contributed by atoms with van der Waals surface area (Å²) in [5, 5.41) is 4.13. The molecule has 0 spiro atoms. The van der Waals surface area contributed by atoms with Gasteiger partial charge in [0.25, 0.3) is 0 Å². The van der Waals surface area contributed by atoms with Gasteiger partial charge in [-0.05, 0) is 36.4 Å². The molecular formula is C22H17N2O. The summed E-state index contributed by atoms with van der Waals surface area (Å²) in [6.45, 7) is 0. The molecule has 0 N–H and O–H groups in total. The van der Waals surface area contributed by atoms with Gasteiger partial charge in [-0.25, -0.2) is 4.79 Å². The van der Waals surface area contributed by atoms with E-state index in [0.29, 0.717) is 5.69 Å². The van der Waals surface area contributed by atoms with Gasteiger partial charge >= 0.3 is 6.03 Å². The lowest BCUT2D eigenvalue weighted by Crippen LogP contribution is -2.31. The highest BCUT2D eigenvalue weighted by atomic mass is 16.2. The van der Waals surface area contributed by atoms with Crippen molar-refractivity contribution in [3.63, 3.8) is 0 Å². The molecule has 3 heteroatoms. The molecule has 2 amide bonds. The summed E-state index contributed by atoms with van der Waals surface area (Å²) in [7, 11) is 1.71. The molecule has 0 saturated heterocycles. The minimum atomic E-state index is -0.333. The third kappa shape index (κ3) is 4.27. The highest BCUT2D eigenvalue weighted by Crippen LogP contribution is 2.19. The number of urea groups is 1. The molecule has 3 rings (SSSR count). The van der Waals surface area contributed by atoms with Crippen molar-refractivity contribution in [2.45, 2.75) is 0 Å². The van der Waals surface area contributed by atoms with Gasteiger partial charge in [0, 0.05) is 18.2 Å². The van der Waals surface area contributed by atoms with Crippen molar-refractivity contribution in [1.82, 2.24) is 5.32 Å². The number of para-hydroxylation sites is 2. The zero-order chi connectivity index (χ0) is 17.5. The van der Waals surface area contributed by atoms with Gasteiger partial charge in [-0.1, -0.05) is 60.4 Å². The molecule has 0 aromatic heterocycles. The van der Waals surface area contributed by atoms with E-state index in [-0.39, 0.29) is 6.03 Å². The summed E-state index contributed by atoms with van der Waals surface area (Å²) in [6, 6.07) is 26.2. The second kappa shape index (κ2) is 7.85. The Labute approximate surface area is 147 Å². The van der Waals surface area contributed by atoms with E-state index < -0.39 is 0 Å². The quantitative estimate of drug-likeness (QED) is 0.635. The lowest BCUT2D eigenvalue weighted by Gasteiger charge is -2.18. The molecular weight excluding hydrogens is 308 g/mol. The number of carbonyl (C=O) groups excluding carboxylic acids is 1. The van der Waals surface area contributed by atoms with Crippen LogP contribution in [0.4, 0.5) is 16.2 Å². The zero-order valence-corrected chi connectivity index (χ0v) is 13.9. The number of rotatable bonds is 2.